The Balaban J connectivity index is 1.92. The van der Waals surface area contributed by atoms with Crippen molar-refractivity contribution in [1.82, 2.24) is 9.97 Å². The first-order chi connectivity index (χ1) is 10.8. The largest absolute Gasteiger partial charge is 0.298 e. The Labute approximate surface area is 134 Å². The van der Waals surface area contributed by atoms with Crippen LogP contribution < -0.4 is 5.32 Å². The van der Waals surface area contributed by atoms with E-state index >= 15 is 0 Å². The van der Waals surface area contributed by atoms with Gasteiger partial charge in [0.15, 0.2) is 20.8 Å². The number of hydrogen-bond acceptors (Lipinski definition) is 6. The minimum atomic E-state index is -3.32. The smallest absolute Gasteiger partial charge is 0.260 e. The number of anilines is 1. The molecule has 1 amide bonds. The average molecular weight is 351 g/mol. The fourth-order valence-electron chi connectivity index (χ4n) is 1.91. The molecule has 0 unspecified atom stereocenters. The maximum Gasteiger partial charge on any atom is 0.260 e. The summed E-state index contributed by atoms with van der Waals surface area (Å²) >= 11 is 1.11. The van der Waals surface area contributed by atoms with E-state index in [4.69, 9.17) is 0 Å². The zero-order chi connectivity index (χ0) is 16.6. The third-order valence-corrected chi connectivity index (χ3v) is 5.07. The molecule has 0 saturated heterocycles. The molecule has 6 nitrogen and oxygen atoms in total. The predicted molar refractivity (Wildman–Crippen MR) is 84.9 cm³/mol. The molecule has 0 aliphatic heterocycles. The van der Waals surface area contributed by atoms with Crippen LogP contribution in [0.1, 0.15) is 10.4 Å². The second kappa shape index (κ2) is 5.67. The van der Waals surface area contributed by atoms with E-state index in [1.807, 2.05) is 0 Å². The van der Waals surface area contributed by atoms with Gasteiger partial charge in [-0.1, -0.05) is 11.3 Å². The van der Waals surface area contributed by atoms with E-state index in [0.29, 0.717) is 10.2 Å². The van der Waals surface area contributed by atoms with Crippen LogP contribution in [0, 0.1) is 5.82 Å². The molecule has 0 atom stereocenters. The van der Waals surface area contributed by atoms with Gasteiger partial charge in [0, 0.05) is 12.5 Å². The molecule has 0 radical (unpaired) electrons. The summed E-state index contributed by atoms with van der Waals surface area (Å²) in [4.78, 5) is 20.0. The highest BCUT2D eigenvalue weighted by Gasteiger charge is 2.15. The maximum atomic E-state index is 13.5. The molecule has 0 fully saturated rings. The number of carbonyl (C=O) groups excluding carboxylic acids is 1. The van der Waals surface area contributed by atoms with Crippen molar-refractivity contribution in [3.8, 4) is 0 Å². The van der Waals surface area contributed by atoms with Crippen molar-refractivity contribution in [1.29, 1.82) is 0 Å². The third kappa shape index (κ3) is 3.20. The summed E-state index contributed by atoms with van der Waals surface area (Å²) in [5.74, 6) is -1.38. The Kier molecular flexibility index (Phi) is 3.82. The van der Waals surface area contributed by atoms with Crippen LogP contribution in [-0.2, 0) is 9.84 Å². The van der Waals surface area contributed by atoms with Gasteiger partial charge in [-0.05, 0) is 24.3 Å². The second-order valence-electron chi connectivity index (χ2n) is 4.73. The molecule has 0 aliphatic rings. The lowest BCUT2D eigenvalue weighted by atomic mass is 10.2. The summed E-state index contributed by atoms with van der Waals surface area (Å²) in [6, 6.07) is 5.77. The number of nitrogens with zero attached hydrogens (tertiary/aromatic N) is 2. The SMILES string of the molecule is CS(=O)(=O)c1ccc2nc(NC(=O)c3ccncc3F)sc2c1. The molecular formula is C14H10FN3O3S2. The molecule has 1 aromatic carbocycles. The number of benzene rings is 1. The average Bonchev–Trinajstić information content (AvgIpc) is 2.87. The van der Waals surface area contributed by atoms with Crippen LogP contribution in [0.4, 0.5) is 9.52 Å². The van der Waals surface area contributed by atoms with Gasteiger partial charge in [0.1, 0.15) is 0 Å². The third-order valence-electron chi connectivity index (χ3n) is 3.03. The van der Waals surface area contributed by atoms with Crippen molar-refractivity contribution in [3.63, 3.8) is 0 Å². The van der Waals surface area contributed by atoms with Crippen molar-refractivity contribution < 1.29 is 17.6 Å². The summed E-state index contributed by atoms with van der Waals surface area (Å²) in [6.45, 7) is 0. The molecule has 0 aliphatic carbocycles. The Bertz CT molecular complexity index is 1020. The molecule has 23 heavy (non-hydrogen) atoms. The molecular weight excluding hydrogens is 341 g/mol. The number of sulfone groups is 1. The topological polar surface area (TPSA) is 89.0 Å². The summed E-state index contributed by atoms with van der Waals surface area (Å²) < 4.78 is 37.2. The minimum absolute atomic E-state index is 0.143. The molecule has 9 heteroatoms. The van der Waals surface area contributed by atoms with Gasteiger partial charge in [-0.25, -0.2) is 17.8 Å². The molecule has 0 bridgehead atoms. The molecule has 2 heterocycles. The standard InChI is InChI=1S/C14H10FN3O3S2/c1-23(20,21)8-2-3-11-12(6-8)22-14(17-11)18-13(19)9-4-5-16-7-10(9)15/h2-7H,1H3,(H,17,18,19). The van der Waals surface area contributed by atoms with Crippen molar-refractivity contribution in [2.45, 2.75) is 4.90 Å². The first-order valence-electron chi connectivity index (χ1n) is 6.36. The van der Waals surface area contributed by atoms with Crippen LogP contribution in [0.15, 0.2) is 41.6 Å². The van der Waals surface area contributed by atoms with Gasteiger partial charge in [-0.3, -0.25) is 15.1 Å². The van der Waals surface area contributed by atoms with Crippen molar-refractivity contribution >= 4 is 42.4 Å². The molecule has 0 spiro atoms. The van der Waals surface area contributed by atoms with Gasteiger partial charge >= 0.3 is 0 Å². The highest BCUT2D eigenvalue weighted by molar-refractivity contribution is 7.90. The van der Waals surface area contributed by atoms with E-state index in [0.717, 1.165) is 23.8 Å². The summed E-state index contributed by atoms with van der Waals surface area (Å²) in [6.07, 6.45) is 3.38. The van der Waals surface area contributed by atoms with Crippen LogP contribution in [0.2, 0.25) is 0 Å². The number of halogens is 1. The summed E-state index contributed by atoms with van der Waals surface area (Å²) in [5.41, 5.74) is 0.406. The lowest BCUT2D eigenvalue weighted by Crippen LogP contribution is -2.13. The van der Waals surface area contributed by atoms with Crippen molar-refractivity contribution in [2.75, 3.05) is 11.6 Å². The Morgan fingerprint density at radius 2 is 2.09 bits per heavy atom. The normalized spacial score (nSPS) is 11.6. The lowest BCUT2D eigenvalue weighted by Gasteiger charge is -2.01. The summed E-state index contributed by atoms with van der Waals surface area (Å²) in [5, 5.41) is 2.75. The number of pyridine rings is 1. The first-order valence-corrected chi connectivity index (χ1v) is 9.07. The van der Waals surface area contributed by atoms with E-state index < -0.39 is 21.6 Å². The minimum Gasteiger partial charge on any atom is -0.298 e. The van der Waals surface area contributed by atoms with E-state index in [1.54, 1.807) is 6.07 Å². The van der Waals surface area contributed by atoms with E-state index in [2.05, 4.69) is 15.3 Å². The Hall–Kier alpha value is -2.39. The maximum absolute atomic E-state index is 13.5. The Morgan fingerprint density at radius 1 is 1.30 bits per heavy atom. The van der Waals surface area contributed by atoms with Crippen LogP contribution >= 0.6 is 11.3 Å². The second-order valence-corrected chi connectivity index (χ2v) is 7.78. The van der Waals surface area contributed by atoms with E-state index in [9.17, 15) is 17.6 Å². The van der Waals surface area contributed by atoms with Crippen LogP contribution in [0.5, 0.6) is 0 Å². The van der Waals surface area contributed by atoms with Gasteiger partial charge in [0.05, 0.1) is 26.9 Å². The summed E-state index contributed by atoms with van der Waals surface area (Å²) in [7, 11) is -3.32. The van der Waals surface area contributed by atoms with Crippen LogP contribution in [0.3, 0.4) is 0 Å². The molecule has 118 valence electrons. The zero-order valence-electron chi connectivity index (χ0n) is 11.8. The molecule has 3 aromatic rings. The van der Waals surface area contributed by atoms with Gasteiger partial charge in [0.25, 0.3) is 5.91 Å². The number of rotatable bonds is 3. The number of hydrogen-bond donors (Lipinski definition) is 1. The van der Waals surface area contributed by atoms with Gasteiger partial charge in [-0.15, -0.1) is 0 Å². The number of carbonyl (C=O) groups is 1. The van der Waals surface area contributed by atoms with Gasteiger partial charge in [0.2, 0.25) is 0 Å². The zero-order valence-corrected chi connectivity index (χ0v) is 13.4. The highest BCUT2D eigenvalue weighted by atomic mass is 32.2. The Morgan fingerprint density at radius 3 is 2.78 bits per heavy atom. The fourth-order valence-corrected chi connectivity index (χ4v) is 3.53. The number of thiazole rings is 1. The molecule has 0 saturated carbocycles. The number of aromatic nitrogens is 2. The monoisotopic (exact) mass is 351 g/mol. The molecule has 2 aromatic heterocycles. The number of amides is 1. The highest BCUT2D eigenvalue weighted by Crippen LogP contribution is 2.28. The van der Waals surface area contributed by atoms with E-state index in [1.165, 1.54) is 24.4 Å². The molecule has 3 rings (SSSR count). The van der Waals surface area contributed by atoms with E-state index in [-0.39, 0.29) is 15.6 Å². The van der Waals surface area contributed by atoms with Crippen molar-refractivity contribution in [2.24, 2.45) is 0 Å². The predicted octanol–water partition coefficient (Wildman–Crippen LogP) is 2.49. The van der Waals surface area contributed by atoms with Gasteiger partial charge < -0.3 is 0 Å². The van der Waals surface area contributed by atoms with Crippen LogP contribution in [0.25, 0.3) is 10.2 Å². The molecule has 1 N–H and O–H groups in total. The van der Waals surface area contributed by atoms with Crippen molar-refractivity contribution in [3.05, 3.63) is 48.0 Å². The fraction of sp³-hybridized carbons (Fsp3) is 0.0714. The van der Waals surface area contributed by atoms with Gasteiger partial charge in [-0.2, -0.15) is 0 Å². The number of nitrogens with one attached hydrogen (secondary N) is 1. The van der Waals surface area contributed by atoms with Crippen LogP contribution in [-0.4, -0.2) is 30.5 Å². The first kappa shape index (κ1) is 15.5. The number of fused-ring (bicyclic) bond motifs is 1. The lowest BCUT2D eigenvalue weighted by molar-refractivity contribution is 0.102. The quantitative estimate of drug-likeness (QED) is 0.783.